The first-order chi connectivity index (χ1) is 28.4. The van der Waals surface area contributed by atoms with Gasteiger partial charge in [0.15, 0.2) is 0 Å². The number of aromatic nitrogens is 1. The molecular formula is C43H50N6O9S. The van der Waals surface area contributed by atoms with Crippen LogP contribution in [-0.4, -0.2) is 109 Å². The largest absolute Gasteiger partial charge is 0.496 e. The Kier molecular flexibility index (Phi) is 12.5. The number of likely N-dealkylation sites (tertiary alicyclic amines) is 1. The number of benzene rings is 2. The normalized spacial score (nSPS) is 17.5. The fourth-order valence-electron chi connectivity index (χ4n) is 8.17. The highest BCUT2D eigenvalue weighted by molar-refractivity contribution is 7.23. The van der Waals surface area contributed by atoms with Crippen molar-refractivity contribution in [3.05, 3.63) is 69.6 Å². The zero-order chi connectivity index (χ0) is 42.0. The van der Waals surface area contributed by atoms with Gasteiger partial charge < -0.3 is 33.9 Å². The summed E-state index contributed by atoms with van der Waals surface area (Å²) in [6, 6.07) is 9.52. The van der Waals surface area contributed by atoms with Crippen LogP contribution in [0.15, 0.2) is 47.4 Å². The highest BCUT2D eigenvalue weighted by Gasteiger charge is 2.46. The Morgan fingerprint density at radius 3 is 2.32 bits per heavy atom. The van der Waals surface area contributed by atoms with Gasteiger partial charge in [-0.3, -0.25) is 39.0 Å². The fraction of sp³-hybridized carbons (Fsp3) is 0.442. The Labute approximate surface area is 346 Å². The first-order valence-corrected chi connectivity index (χ1v) is 20.7. The Balaban J connectivity index is 0.893. The summed E-state index contributed by atoms with van der Waals surface area (Å²) in [5.74, 6) is -0.722. The molecule has 2 N–H and O–H groups in total. The molecule has 0 aliphatic carbocycles. The van der Waals surface area contributed by atoms with Crippen molar-refractivity contribution in [1.82, 2.24) is 24.6 Å². The Morgan fingerprint density at radius 1 is 0.915 bits per heavy atom. The van der Waals surface area contributed by atoms with Crippen LogP contribution in [0.5, 0.6) is 17.2 Å². The Bertz CT molecular complexity index is 2340. The lowest BCUT2D eigenvalue weighted by Crippen LogP contribution is -2.54. The molecule has 3 aliphatic heterocycles. The first kappa shape index (κ1) is 41.6. The van der Waals surface area contributed by atoms with E-state index in [-0.39, 0.29) is 41.4 Å². The van der Waals surface area contributed by atoms with Gasteiger partial charge in [0.05, 0.1) is 52.6 Å². The molecule has 2 fully saturated rings. The molecule has 2 aromatic carbocycles. The van der Waals surface area contributed by atoms with E-state index in [9.17, 15) is 28.8 Å². The predicted octanol–water partition coefficient (Wildman–Crippen LogP) is 4.65. The number of pyridine rings is 1. The number of amides is 5. The summed E-state index contributed by atoms with van der Waals surface area (Å²) >= 11 is 1.39. The zero-order valence-corrected chi connectivity index (χ0v) is 34.9. The summed E-state index contributed by atoms with van der Waals surface area (Å²) in [6.07, 6.45) is 5.99. The third-order valence-electron chi connectivity index (χ3n) is 11.3. The van der Waals surface area contributed by atoms with Gasteiger partial charge in [0.2, 0.25) is 17.7 Å². The second-order valence-electron chi connectivity index (χ2n) is 15.5. The molecule has 312 valence electrons. The summed E-state index contributed by atoms with van der Waals surface area (Å²) in [5, 5.41) is 6.49. The van der Waals surface area contributed by atoms with Crippen LogP contribution in [0.2, 0.25) is 0 Å². The minimum atomic E-state index is -1.03. The number of carbonyl (C=O) groups excluding carboxylic acids is 5. The fourth-order valence-corrected chi connectivity index (χ4v) is 9.26. The minimum Gasteiger partial charge on any atom is -0.496 e. The molecule has 5 heterocycles. The van der Waals surface area contributed by atoms with Crippen LogP contribution in [-0.2, 0) is 28.0 Å². The van der Waals surface area contributed by atoms with E-state index >= 15 is 0 Å². The van der Waals surface area contributed by atoms with E-state index in [1.807, 2.05) is 37.3 Å². The number of nitrogens with one attached hydrogen (secondary N) is 2. The number of piperidine rings is 2. The number of nitrogens with zero attached hydrogens (tertiary/aromatic N) is 4. The predicted molar refractivity (Wildman–Crippen MR) is 223 cm³/mol. The van der Waals surface area contributed by atoms with Gasteiger partial charge in [-0.2, -0.15) is 0 Å². The number of hydrogen-bond donors (Lipinski definition) is 2. The standard InChI is InChI=1S/C43H50N6O9S/c1-46(2)23-30-33(56-4)20-26(21-34(30)57-5)29-24-47(3)41(53)28-22-36(59-38(28)29)45-39(51)25-14-17-48(18-15-25)16-7-6-8-19-58-32-11-9-10-27-37(32)43(55)49(42(27)54)31-12-13-35(50)44-40(31)52/h9-11,20-22,24-25,31H,6-8,12-19,23H2,1-5H3,(H,45,51)(H,44,50,52). The molecule has 0 bridgehead atoms. The number of thiophene rings is 1. The molecule has 15 nitrogen and oxygen atoms in total. The van der Waals surface area contributed by atoms with E-state index in [2.05, 4.69) is 15.5 Å². The van der Waals surface area contributed by atoms with Crippen molar-refractivity contribution in [2.75, 3.05) is 59.9 Å². The SMILES string of the molecule is COc1cc(-c2cn(C)c(=O)c3cc(NC(=O)C4CCN(CCCCCOc5cccc6c5C(=O)N(C5CCC(=O)NC5=O)C6=O)CC4)sc23)cc(OC)c1CN(C)C. The van der Waals surface area contributed by atoms with Crippen LogP contribution in [0.4, 0.5) is 5.00 Å². The van der Waals surface area contributed by atoms with Crippen LogP contribution in [0.3, 0.4) is 0 Å². The van der Waals surface area contributed by atoms with Crippen molar-refractivity contribution in [3.8, 4) is 28.4 Å². The number of hydrogen-bond acceptors (Lipinski definition) is 12. The van der Waals surface area contributed by atoms with Crippen molar-refractivity contribution in [1.29, 1.82) is 0 Å². The van der Waals surface area contributed by atoms with Gasteiger partial charge in [-0.1, -0.05) is 6.07 Å². The number of imide groups is 2. The number of anilines is 1. The Hall–Kier alpha value is -5.58. The van der Waals surface area contributed by atoms with Gasteiger partial charge in [-0.15, -0.1) is 11.3 Å². The Morgan fingerprint density at radius 2 is 1.64 bits per heavy atom. The van der Waals surface area contributed by atoms with Gasteiger partial charge in [0.1, 0.15) is 23.3 Å². The van der Waals surface area contributed by atoms with Crippen LogP contribution < -0.4 is 30.4 Å². The summed E-state index contributed by atoms with van der Waals surface area (Å²) in [6.45, 7) is 3.47. The van der Waals surface area contributed by atoms with Crippen LogP contribution in [0, 0.1) is 5.92 Å². The van der Waals surface area contributed by atoms with Gasteiger partial charge in [-0.25, -0.2) is 0 Å². The second kappa shape index (κ2) is 17.7. The molecule has 16 heteroatoms. The lowest BCUT2D eigenvalue weighted by Gasteiger charge is -2.31. The van der Waals surface area contributed by atoms with Crippen LogP contribution >= 0.6 is 11.3 Å². The molecule has 2 saturated heterocycles. The summed E-state index contributed by atoms with van der Waals surface area (Å²) in [7, 11) is 8.95. The number of ether oxygens (including phenoxy) is 3. The summed E-state index contributed by atoms with van der Waals surface area (Å²) in [5.41, 5.74) is 2.81. The lowest BCUT2D eigenvalue weighted by atomic mass is 9.95. The number of rotatable bonds is 15. The maximum atomic E-state index is 13.5. The van der Waals surface area contributed by atoms with Gasteiger partial charge in [0, 0.05) is 37.7 Å². The van der Waals surface area contributed by atoms with Crippen molar-refractivity contribution in [2.24, 2.45) is 13.0 Å². The molecule has 4 aromatic rings. The van der Waals surface area contributed by atoms with Crippen molar-refractivity contribution in [2.45, 2.75) is 57.5 Å². The minimum absolute atomic E-state index is 0.0455. The highest BCUT2D eigenvalue weighted by Crippen LogP contribution is 2.41. The van der Waals surface area contributed by atoms with Crippen LogP contribution in [0.1, 0.15) is 71.2 Å². The van der Waals surface area contributed by atoms with Crippen molar-refractivity contribution >= 4 is 56.0 Å². The molecular weight excluding hydrogens is 777 g/mol. The van der Waals surface area contributed by atoms with Gasteiger partial charge in [0.25, 0.3) is 17.4 Å². The van der Waals surface area contributed by atoms with E-state index in [1.54, 1.807) is 50.1 Å². The summed E-state index contributed by atoms with van der Waals surface area (Å²) < 4.78 is 19.9. The molecule has 5 amide bonds. The molecule has 3 aliphatic rings. The maximum Gasteiger partial charge on any atom is 0.266 e. The quantitative estimate of drug-likeness (QED) is 0.127. The van der Waals surface area contributed by atoms with Crippen LogP contribution in [0.25, 0.3) is 21.2 Å². The average Bonchev–Trinajstić information content (AvgIpc) is 3.75. The van der Waals surface area contributed by atoms with Crippen molar-refractivity contribution in [3.63, 3.8) is 0 Å². The maximum absolute atomic E-state index is 13.5. The van der Waals surface area contributed by atoms with Gasteiger partial charge >= 0.3 is 0 Å². The first-order valence-electron chi connectivity index (χ1n) is 19.9. The molecule has 2 aromatic heterocycles. The molecule has 0 spiro atoms. The number of carbonyl (C=O) groups is 5. The molecule has 1 atom stereocenters. The second-order valence-corrected chi connectivity index (χ2v) is 16.6. The molecule has 0 saturated carbocycles. The average molecular weight is 827 g/mol. The lowest BCUT2D eigenvalue weighted by molar-refractivity contribution is -0.136. The zero-order valence-electron chi connectivity index (χ0n) is 34.1. The molecule has 0 radical (unpaired) electrons. The van der Waals surface area contributed by atoms with E-state index in [4.69, 9.17) is 14.2 Å². The third-order valence-corrected chi connectivity index (χ3v) is 12.3. The van der Waals surface area contributed by atoms with E-state index in [1.165, 1.54) is 11.3 Å². The molecule has 59 heavy (non-hydrogen) atoms. The van der Waals surface area contributed by atoms with E-state index in [0.29, 0.717) is 40.8 Å². The number of aryl methyl sites for hydroxylation is 1. The van der Waals surface area contributed by atoms with E-state index < -0.39 is 29.7 Å². The smallest absolute Gasteiger partial charge is 0.266 e. The number of methoxy groups -OCH3 is 2. The molecule has 1 unspecified atom stereocenters. The number of fused-ring (bicyclic) bond motifs is 2. The van der Waals surface area contributed by atoms with Crippen molar-refractivity contribution < 1.29 is 38.2 Å². The molecule has 7 rings (SSSR count). The van der Waals surface area contributed by atoms with E-state index in [0.717, 1.165) is 78.0 Å². The highest BCUT2D eigenvalue weighted by atomic mass is 32.1. The topological polar surface area (TPSA) is 169 Å². The monoisotopic (exact) mass is 826 g/mol. The van der Waals surface area contributed by atoms with Gasteiger partial charge in [-0.05, 0) is 108 Å². The number of unbranched alkanes of at least 4 members (excludes halogenated alkanes) is 2. The summed E-state index contributed by atoms with van der Waals surface area (Å²) in [4.78, 5) is 82.6. The third kappa shape index (κ3) is 8.61.